The highest BCUT2D eigenvalue weighted by atomic mass is 19.4. The Bertz CT molecular complexity index is 702. The number of para-hydroxylation sites is 1. The number of aromatic nitrogens is 3. The molecule has 3 atom stereocenters. The third-order valence-corrected chi connectivity index (χ3v) is 4.79. The molecule has 2 aromatic rings. The molecular weight excluding hydrogens is 321 g/mol. The fourth-order valence-electron chi connectivity index (χ4n) is 3.48. The van der Waals surface area contributed by atoms with Crippen molar-refractivity contribution in [3.8, 4) is 0 Å². The van der Waals surface area contributed by atoms with Gasteiger partial charge in [-0.05, 0) is 25.0 Å². The zero-order valence-electron chi connectivity index (χ0n) is 13.1. The van der Waals surface area contributed by atoms with Gasteiger partial charge in [0.25, 0.3) is 0 Å². The summed E-state index contributed by atoms with van der Waals surface area (Å²) in [5.74, 6) is -2.40. The predicted octanol–water partition coefficient (Wildman–Crippen LogP) is 3.37. The standard InChI is InChI=1S/C16H18F3N4O/c1-23(11-6-3-2-4-7-11)13(14-20-10-21-22-14)9-5-8-12(15(23)24)16(17,18)19/h2-4,6-7,10,12-13H,5,8-9H2,1H3,(H,20,21,22)/q+1. The number of hydrogen-bond acceptors (Lipinski definition) is 3. The number of quaternary nitrogens is 1. The Hall–Kier alpha value is -2.22. The minimum Gasteiger partial charge on any atom is -0.258 e. The average Bonchev–Trinajstić information content (AvgIpc) is 3.03. The van der Waals surface area contributed by atoms with Crippen LogP contribution in [0.15, 0.2) is 36.7 Å². The lowest BCUT2D eigenvalue weighted by Crippen LogP contribution is -2.57. The predicted molar refractivity (Wildman–Crippen MR) is 81.7 cm³/mol. The number of rotatable bonds is 2. The first-order chi connectivity index (χ1) is 11.3. The SMILES string of the molecule is C[N+]1(c2ccccc2)C(=O)C(C(F)(F)F)CCCC1c1ncn[nH]1. The first-order valence-corrected chi connectivity index (χ1v) is 7.73. The highest BCUT2D eigenvalue weighted by Gasteiger charge is 2.57. The van der Waals surface area contributed by atoms with Gasteiger partial charge in [0.15, 0.2) is 17.8 Å². The largest absolute Gasteiger partial charge is 0.404 e. The van der Waals surface area contributed by atoms with Crippen molar-refractivity contribution in [1.29, 1.82) is 0 Å². The molecule has 1 fully saturated rings. The lowest BCUT2D eigenvalue weighted by atomic mass is 10.0. The second-order valence-corrected chi connectivity index (χ2v) is 6.16. The third kappa shape index (κ3) is 2.71. The second kappa shape index (κ2) is 6.01. The van der Waals surface area contributed by atoms with Crippen LogP contribution >= 0.6 is 0 Å². The quantitative estimate of drug-likeness (QED) is 0.854. The van der Waals surface area contributed by atoms with Crippen molar-refractivity contribution in [3.63, 3.8) is 0 Å². The molecule has 3 unspecified atom stereocenters. The van der Waals surface area contributed by atoms with Crippen LogP contribution in [0, 0.1) is 5.92 Å². The van der Waals surface area contributed by atoms with Crippen LogP contribution in [0.3, 0.4) is 0 Å². The maximum Gasteiger partial charge on any atom is 0.404 e. The fraction of sp³-hybridized carbons (Fsp3) is 0.438. The monoisotopic (exact) mass is 339 g/mol. The summed E-state index contributed by atoms with van der Waals surface area (Å²) in [6.45, 7) is 0. The summed E-state index contributed by atoms with van der Waals surface area (Å²) in [4.78, 5) is 17.1. The minimum absolute atomic E-state index is 0.201. The van der Waals surface area contributed by atoms with Crippen molar-refractivity contribution in [2.45, 2.75) is 31.5 Å². The summed E-state index contributed by atoms with van der Waals surface area (Å²) in [5.41, 5.74) is 0.514. The maximum absolute atomic E-state index is 13.4. The van der Waals surface area contributed by atoms with Crippen molar-refractivity contribution < 1.29 is 18.0 Å². The van der Waals surface area contributed by atoms with Crippen LogP contribution in [-0.4, -0.2) is 34.3 Å². The van der Waals surface area contributed by atoms with E-state index in [-0.39, 0.29) is 6.42 Å². The second-order valence-electron chi connectivity index (χ2n) is 6.16. The van der Waals surface area contributed by atoms with Crippen LogP contribution in [0.2, 0.25) is 0 Å². The van der Waals surface area contributed by atoms with Gasteiger partial charge < -0.3 is 0 Å². The minimum atomic E-state index is -4.55. The van der Waals surface area contributed by atoms with E-state index >= 15 is 0 Å². The molecule has 1 saturated heterocycles. The zero-order chi connectivity index (χ0) is 17.4. The van der Waals surface area contributed by atoms with Crippen molar-refractivity contribution in [1.82, 2.24) is 19.7 Å². The number of nitrogens with one attached hydrogen (secondary N) is 1. The molecule has 1 amide bonds. The fourth-order valence-corrected chi connectivity index (χ4v) is 3.48. The first kappa shape index (κ1) is 16.6. The Morgan fingerprint density at radius 2 is 1.92 bits per heavy atom. The molecule has 2 heterocycles. The molecule has 0 radical (unpaired) electrons. The summed E-state index contributed by atoms with van der Waals surface area (Å²) in [6, 6.07) is 8.03. The Kier molecular flexibility index (Phi) is 4.16. The number of carbonyl (C=O) groups excluding carboxylic acids is 1. The number of H-pyrrole nitrogens is 1. The molecule has 0 saturated carbocycles. The van der Waals surface area contributed by atoms with Gasteiger partial charge in [-0.15, -0.1) is 0 Å². The van der Waals surface area contributed by atoms with E-state index in [0.717, 1.165) is 0 Å². The molecule has 8 heteroatoms. The topological polar surface area (TPSA) is 58.6 Å². The van der Waals surface area contributed by atoms with Crippen molar-refractivity contribution in [2.24, 2.45) is 5.92 Å². The van der Waals surface area contributed by atoms with E-state index in [2.05, 4.69) is 15.2 Å². The molecule has 1 aromatic heterocycles. The van der Waals surface area contributed by atoms with E-state index in [9.17, 15) is 18.0 Å². The summed E-state index contributed by atoms with van der Waals surface area (Å²) in [6.07, 6.45) is -2.74. The molecule has 1 N–H and O–H groups in total. The zero-order valence-corrected chi connectivity index (χ0v) is 13.1. The van der Waals surface area contributed by atoms with Crippen LogP contribution in [0.25, 0.3) is 0 Å². The maximum atomic E-state index is 13.4. The normalized spacial score (nSPS) is 28.6. The highest BCUT2D eigenvalue weighted by molar-refractivity contribution is 5.91. The molecule has 5 nitrogen and oxygen atoms in total. The van der Waals surface area contributed by atoms with Crippen LogP contribution < -0.4 is 4.48 Å². The summed E-state index contributed by atoms with van der Waals surface area (Å²) in [7, 11) is 1.54. The van der Waals surface area contributed by atoms with Gasteiger partial charge in [-0.3, -0.25) is 5.10 Å². The number of likely N-dealkylation sites (tertiary alicyclic amines) is 1. The molecule has 1 aromatic carbocycles. The number of halogens is 3. The first-order valence-electron chi connectivity index (χ1n) is 7.73. The van der Waals surface area contributed by atoms with E-state index in [1.54, 1.807) is 30.3 Å². The number of amides is 1. The molecule has 1 aliphatic heterocycles. The number of benzene rings is 1. The van der Waals surface area contributed by atoms with E-state index in [1.165, 1.54) is 13.4 Å². The summed E-state index contributed by atoms with van der Waals surface area (Å²) >= 11 is 0. The number of carbonyl (C=O) groups is 1. The van der Waals surface area contributed by atoms with Crippen molar-refractivity contribution in [2.75, 3.05) is 7.05 Å². The lowest BCUT2D eigenvalue weighted by Gasteiger charge is -2.37. The molecule has 128 valence electrons. The number of hydrogen-bond donors (Lipinski definition) is 1. The van der Waals surface area contributed by atoms with Gasteiger partial charge in [0.05, 0.1) is 7.05 Å². The number of alkyl halides is 3. The molecule has 0 bridgehead atoms. The van der Waals surface area contributed by atoms with Gasteiger partial charge in [-0.25, -0.2) is 14.3 Å². The molecule has 24 heavy (non-hydrogen) atoms. The number of aromatic amines is 1. The smallest absolute Gasteiger partial charge is 0.258 e. The van der Waals surface area contributed by atoms with Crippen LogP contribution in [0.4, 0.5) is 18.9 Å². The van der Waals surface area contributed by atoms with Gasteiger partial charge in [-0.2, -0.15) is 18.3 Å². The van der Waals surface area contributed by atoms with Gasteiger partial charge in [0.1, 0.15) is 12.0 Å². The molecule has 1 aliphatic rings. The van der Waals surface area contributed by atoms with Crippen molar-refractivity contribution in [3.05, 3.63) is 42.5 Å². The molecule has 3 rings (SSSR count). The third-order valence-electron chi connectivity index (χ3n) is 4.79. The van der Waals surface area contributed by atoms with Gasteiger partial charge in [-0.1, -0.05) is 18.2 Å². The van der Waals surface area contributed by atoms with Crippen LogP contribution in [0.5, 0.6) is 0 Å². The van der Waals surface area contributed by atoms with Gasteiger partial charge >= 0.3 is 12.1 Å². The van der Waals surface area contributed by atoms with Crippen LogP contribution in [0.1, 0.15) is 31.1 Å². The van der Waals surface area contributed by atoms with Gasteiger partial charge in [0, 0.05) is 6.42 Å². The highest BCUT2D eigenvalue weighted by Crippen LogP contribution is 2.44. The van der Waals surface area contributed by atoms with Crippen molar-refractivity contribution >= 4 is 11.6 Å². The van der Waals surface area contributed by atoms with E-state index in [1.807, 2.05) is 0 Å². The Morgan fingerprint density at radius 3 is 2.50 bits per heavy atom. The average molecular weight is 339 g/mol. The van der Waals surface area contributed by atoms with Gasteiger partial charge in [0.2, 0.25) is 0 Å². The Morgan fingerprint density at radius 1 is 1.21 bits per heavy atom. The molecular formula is C16H18F3N4O+. The Labute approximate surface area is 137 Å². The van der Waals surface area contributed by atoms with Crippen LogP contribution in [-0.2, 0) is 4.79 Å². The van der Waals surface area contributed by atoms with E-state index < -0.39 is 28.5 Å². The Balaban J connectivity index is 2.15. The molecule has 0 spiro atoms. The van der Waals surface area contributed by atoms with E-state index in [0.29, 0.717) is 24.4 Å². The summed E-state index contributed by atoms with van der Waals surface area (Å²) in [5, 5.41) is 6.52. The lowest BCUT2D eigenvalue weighted by molar-refractivity contribution is -0.188. The number of nitrogens with zero attached hydrogens (tertiary/aromatic N) is 3. The molecule has 0 aliphatic carbocycles. The summed E-state index contributed by atoms with van der Waals surface area (Å²) < 4.78 is 39.8. The van der Waals surface area contributed by atoms with E-state index in [4.69, 9.17) is 0 Å².